The smallest absolute Gasteiger partial charge is 0.138 e. The van der Waals surface area contributed by atoms with Gasteiger partial charge in [-0.1, -0.05) is 194 Å². The summed E-state index contributed by atoms with van der Waals surface area (Å²) in [5.74, 6) is 1.58. The Bertz CT molecular complexity index is 8050. The normalized spacial score (nSPS) is 11.5. The van der Waals surface area contributed by atoms with Crippen molar-refractivity contribution in [1.82, 2.24) is 73.5 Å². The Hall–Kier alpha value is -17.3. The van der Waals surface area contributed by atoms with Crippen LogP contribution in [0.5, 0.6) is 0 Å². The summed E-state index contributed by atoms with van der Waals surface area (Å²) in [4.78, 5) is 58.4. The van der Waals surface area contributed by atoms with Crippen LogP contribution in [-0.2, 0) is 0 Å². The Morgan fingerprint density at radius 3 is 1.10 bits per heavy atom. The number of benzene rings is 9. The van der Waals surface area contributed by atoms with Crippen LogP contribution < -0.4 is 0 Å². The molecule has 24 aromatic rings. The van der Waals surface area contributed by atoms with Gasteiger partial charge in [0.25, 0.3) is 0 Å². The number of hydrogen-bond acceptors (Lipinski definition) is 12. The molecule has 24 rings (SSSR count). The fraction of sp³-hybridized carbons (Fsp3) is 0. The van der Waals surface area contributed by atoms with Gasteiger partial charge in [-0.15, -0.1) is 0 Å². The molecule has 0 N–H and O–H groups in total. The minimum atomic E-state index is 0.728. The van der Waals surface area contributed by atoms with Gasteiger partial charge in [0.1, 0.15) is 11.6 Å². The SMILES string of the molecule is c1ccc(-c2cc(-c3cc(-c4ccc(-n5c6ccccc6c6cnccc65)nc4)nc(-c4ccccn4)c3)nc(-n3c4ccccc4c4cnccc43)c2)nc1.c1ccc(-c2cc(-c3cccc(-c4c5ccccc5c(-c5ccccc5)c5ccccc45)c3)cc(-c3cc(-c4ccncc4)nc(-c4ccc(-n5c6ccccc6c6cnccc65)cn4)c3)n2)cc1. The maximum Gasteiger partial charge on any atom is 0.138 e. The average molecular weight is 1600 g/mol. The third kappa shape index (κ3) is 13.3. The molecule has 0 unspecified atom stereocenters. The summed E-state index contributed by atoms with van der Waals surface area (Å²) < 4.78 is 6.63. The zero-order valence-corrected chi connectivity index (χ0v) is 67.0. The zero-order valence-electron chi connectivity index (χ0n) is 67.0. The van der Waals surface area contributed by atoms with Gasteiger partial charge < -0.3 is 4.57 Å². The number of aromatic nitrogens is 15. The highest BCUT2D eigenvalue weighted by Crippen LogP contribution is 2.46. The lowest BCUT2D eigenvalue weighted by Gasteiger charge is -2.18. The van der Waals surface area contributed by atoms with Gasteiger partial charge >= 0.3 is 0 Å². The Morgan fingerprint density at radius 1 is 0.160 bits per heavy atom. The monoisotopic (exact) mass is 1600 g/mol. The van der Waals surface area contributed by atoms with Crippen LogP contribution in [0.1, 0.15) is 0 Å². The molecule has 125 heavy (non-hydrogen) atoms. The lowest BCUT2D eigenvalue weighted by atomic mass is 9.85. The first kappa shape index (κ1) is 72.9. The van der Waals surface area contributed by atoms with Crippen molar-refractivity contribution in [2.45, 2.75) is 0 Å². The minimum absolute atomic E-state index is 0.728. The minimum Gasteiger partial charge on any atom is -0.308 e. The molecule has 0 saturated heterocycles. The fourth-order valence-electron chi connectivity index (χ4n) is 17.8. The van der Waals surface area contributed by atoms with E-state index in [4.69, 9.17) is 34.9 Å². The van der Waals surface area contributed by atoms with Crippen molar-refractivity contribution in [1.29, 1.82) is 0 Å². The van der Waals surface area contributed by atoms with Gasteiger partial charge in [-0.05, 0) is 207 Å². The van der Waals surface area contributed by atoms with Crippen LogP contribution in [0, 0.1) is 0 Å². The third-order valence-electron chi connectivity index (χ3n) is 23.5. The van der Waals surface area contributed by atoms with E-state index in [1.807, 2.05) is 129 Å². The summed E-state index contributed by atoms with van der Waals surface area (Å²) >= 11 is 0. The van der Waals surface area contributed by atoms with Crippen LogP contribution in [0.25, 0.3) is 228 Å². The number of para-hydroxylation sites is 3. The lowest BCUT2D eigenvalue weighted by Crippen LogP contribution is -2.01. The van der Waals surface area contributed by atoms with Gasteiger partial charge in [0, 0.05) is 134 Å². The predicted octanol–water partition coefficient (Wildman–Crippen LogP) is 26.0. The van der Waals surface area contributed by atoms with Crippen molar-refractivity contribution in [2.75, 3.05) is 0 Å². The quantitative estimate of drug-likeness (QED) is 0.0946. The van der Waals surface area contributed by atoms with Crippen molar-refractivity contribution in [2.24, 2.45) is 0 Å². The Balaban J connectivity index is 0.000000147. The maximum atomic E-state index is 5.41. The van der Waals surface area contributed by atoms with E-state index in [-0.39, 0.29) is 0 Å². The number of fused-ring (bicyclic) bond motifs is 11. The molecular formula is C110H69N15. The molecule has 0 saturated carbocycles. The van der Waals surface area contributed by atoms with Gasteiger partial charge in [-0.3, -0.25) is 44.0 Å². The maximum absolute atomic E-state index is 5.41. The number of pyridine rings is 12. The van der Waals surface area contributed by atoms with Crippen molar-refractivity contribution in [3.63, 3.8) is 0 Å². The molecule has 0 aliphatic heterocycles. The van der Waals surface area contributed by atoms with Crippen LogP contribution in [-0.4, -0.2) is 73.5 Å². The van der Waals surface area contributed by atoms with Crippen molar-refractivity contribution < 1.29 is 0 Å². The Morgan fingerprint density at radius 2 is 0.560 bits per heavy atom. The molecule has 0 atom stereocenters. The number of hydrogen-bond donors (Lipinski definition) is 0. The van der Waals surface area contributed by atoms with Gasteiger partial charge in [0.15, 0.2) is 0 Å². The van der Waals surface area contributed by atoms with E-state index < -0.39 is 0 Å². The molecule has 0 aliphatic rings. The molecular weight excluding hydrogens is 1530 g/mol. The standard InChI is InChI=1S/C63H40N6.C47H29N9/c1-3-14-41(15-4-1)56-35-46(44-18-13-19-45(34-44)63-52-23-9-7-21-50(52)62(43-16-5-2-6-17-43)51-22-8-10-24-53(51)63)36-58(67-56)47-37-57(42-28-31-64-32-29-42)68-59(38-47)55-27-26-48(39-66-55)69-60-25-12-11-20-49(60)54-40-65-33-30-61(54)69;1-3-13-42-33(9-1)35-28-48-21-17-44(35)55(42)46-16-15-30(27-52-46)39-23-31(25-41(53-39)38-12-6-8-20-51-38)40-24-32(37-11-5-7-19-50-37)26-47(54-40)56-43-14-4-2-10-34(43)36-29-49-22-18-45(36)56/h1-40H;1-29H. The number of nitrogens with zero attached hydrogens (tertiary/aromatic N) is 15. The van der Waals surface area contributed by atoms with E-state index in [9.17, 15) is 0 Å². The molecule has 0 radical (unpaired) electrons. The molecule has 15 aromatic heterocycles. The summed E-state index contributed by atoms with van der Waals surface area (Å²) in [7, 11) is 0. The predicted molar refractivity (Wildman–Crippen MR) is 504 cm³/mol. The largest absolute Gasteiger partial charge is 0.308 e. The zero-order chi connectivity index (χ0) is 82.7. The topological polar surface area (TPSA) is 169 Å². The summed E-state index contributed by atoms with van der Waals surface area (Å²) in [6.07, 6.45) is 22.3. The summed E-state index contributed by atoms with van der Waals surface area (Å²) in [6, 6.07) is 120. The molecule has 9 aromatic carbocycles. The first-order valence-corrected chi connectivity index (χ1v) is 41.4. The van der Waals surface area contributed by atoms with E-state index in [0.717, 1.165) is 190 Å². The highest BCUT2D eigenvalue weighted by molar-refractivity contribution is 6.22. The van der Waals surface area contributed by atoms with Gasteiger partial charge in [0.2, 0.25) is 0 Å². The summed E-state index contributed by atoms with van der Waals surface area (Å²) in [5.41, 5.74) is 27.8. The van der Waals surface area contributed by atoms with Crippen molar-refractivity contribution in [3.8, 4) is 141 Å². The van der Waals surface area contributed by atoms with E-state index in [1.54, 1.807) is 18.6 Å². The van der Waals surface area contributed by atoms with Crippen LogP contribution in [0.15, 0.2) is 420 Å². The molecule has 0 bridgehead atoms. The van der Waals surface area contributed by atoms with Crippen LogP contribution in [0.3, 0.4) is 0 Å². The second kappa shape index (κ2) is 31.1. The molecule has 0 aliphatic carbocycles. The van der Waals surface area contributed by atoms with Gasteiger partial charge in [0.05, 0.1) is 102 Å². The second-order valence-corrected chi connectivity index (χ2v) is 30.8. The molecule has 15 nitrogen and oxygen atoms in total. The average Bonchev–Trinajstić information content (AvgIpc) is 1.27. The highest BCUT2D eigenvalue weighted by atomic mass is 15.1. The van der Waals surface area contributed by atoms with Crippen LogP contribution in [0.4, 0.5) is 0 Å². The summed E-state index contributed by atoms with van der Waals surface area (Å²) in [6.45, 7) is 0. The Labute approximate surface area is 717 Å². The fourth-order valence-corrected chi connectivity index (χ4v) is 17.8. The van der Waals surface area contributed by atoms with E-state index in [0.29, 0.717) is 0 Å². The van der Waals surface area contributed by atoms with Crippen LogP contribution >= 0.6 is 0 Å². The molecule has 15 heterocycles. The molecule has 0 spiro atoms. The highest BCUT2D eigenvalue weighted by Gasteiger charge is 2.24. The van der Waals surface area contributed by atoms with E-state index in [1.165, 1.54) is 38.2 Å². The molecule has 0 amide bonds. The van der Waals surface area contributed by atoms with Crippen LogP contribution in [0.2, 0.25) is 0 Å². The first-order chi connectivity index (χ1) is 62.0. The summed E-state index contributed by atoms with van der Waals surface area (Å²) in [5, 5.41) is 11.5. The van der Waals surface area contributed by atoms with Crippen molar-refractivity contribution in [3.05, 3.63) is 420 Å². The first-order valence-electron chi connectivity index (χ1n) is 41.4. The van der Waals surface area contributed by atoms with Gasteiger partial charge in [-0.2, -0.15) is 0 Å². The van der Waals surface area contributed by atoms with Crippen molar-refractivity contribution >= 4 is 87.0 Å². The van der Waals surface area contributed by atoms with E-state index >= 15 is 0 Å². The lowest BCUT2D eigenvalue weighted by molar-refractivity contribution is 1.08. The third-order valence-corrected chi connectivity index (χ3v) is 23.5. The molecule has 584 valence electrons. The molecule has 15 heteroatoms. The van der Waals surface area contributed by atoms with Gasteiger partial charge in [-0.25, -0.2) is 24.9 Å². The second-order valence-electron chi connectivity index (χ2n) is 30.8. The Kier molecular flexibility index (Phi) is 18.2. The number of rotatable bonds is 14. The molecule has 0 fully saturated rings. The van der Waals surface area contributed by atoms with E-state index in [2.05, 4.69) is 312 Å².